The van der Waals surface area contributed by atoms with Gasteiger partial charge in [-0.3, -0.25) is 4.79 Å². The Morgan fingerprint density at radius 3 is 2.82 bits per heavy atom. The van der Waals surface area contributed by atoms with Crippen LogP contribution < -0.4 is 4.74 Å². The highest BCUT2D eigenvalue weighted by atomic mass is 35.5. The number of carbonyl (C=O) groups excluding carboxylic acids is 1. The predicted octanol–water partition coefficient (Wildman–Crippen LogP) is 3.61. The Labute approximate surface area is 166 Å². The number of carbonyl (C=O) groups is 1. The lowest BCUT2D eigenvalue weighted by Crippen LogP contribution is -2.43. The number of morpholine rings is 1. The van der Waals surface area contributed by atoms with E-state index in [1.54, 1.807) is 23.1 Å². The third-order valence-corrected chi connectivity index (χ3v) is 4.84. The van der Waals surface area contributed by atoms with E-state index in [1.807, 2.05) is 30.3 Å². The van der Waals surface area contributed by atoms with E-state index in [-0.39, 0.29) is 12.5 Å². The topological polar surface area (TPSA) is 77.7 Å². The molecule has 0 saturated carbocycles. The molecule has 0 N–H and O–H groups in total. The number of hydrogen-bond acceptors (Lipinski definition) is 6. The molecule has 4 rings (SSSR count). The van der Waals surface area contributed by atoms with E-state index >= 15 is 0 Å². The third-order valence-electron chi connectivity index (χ3n) is 4.55. The Kier molecular flexibility index (Phi) is 5.27. The van der Waals surface area contributed by atoms with Gasteiger partial charge in [-0.05, 0) is 18.2 Å². The van der Waals surface area contributed by atoms with E-state index in [9.17, 15) is 4.79 Å². The van der Waals surface area contributed by atoms with Gasteiger partial charge in [-0.1, -0.05) is 47.1 Å². The summed E-state index contributed by atoms with van der Waals surface area (Å²) < 4.78 is 16.2. The van der Waals surface area contributed by atoms with E-state index in [1.165, 1.54) is 7.11 Å². The highest BCUT2D eigenvalue weighted by molar-refractivity contribution is 6.32. The number of nitrogens with zero attached hydrogens (tertiary/aromatic N) is 3. The maximum atomic E-state index is 13.1. The molecule has 1 aliphatic heterocycles. The summed E-state index contributed by atoms with van der Waals surface area (Å²) in [5.41, 5.74) is 1.30. The molecular formula is C20H18ClN3O4. The number of aromatic nitrogens is 2. The van der Waals surface area contributed by atoms with Crippen LogP contribution in [-0.4, -0.2) is 47.8 Å². The molecular weight excluding hydrogens is 382 g/mol. The predicted molar refractivity (Wildman–Crippen MR) is 102 cm³/mol. The lowest BCUT2D eigenvalue weighted by molar-refractivity contribution is -0.0119. The Balaban J connectivity index is 1.61. The van der Waals surface area contributed by atoms with E-state index in [2.05, 4.69) is 10.1 Å². The molecule has 144 valence electrons. The number of ether oxygens (including phenoxy) is 2. The van der Waals surface area contributed by atoms with Gasteiger partial charge in [-0.25, -0.2) is 0 Å². The zero-order valence-electron chi connectivity index (χ0n) is 15.2. The fraction of sp³-hybridized carbons (Fsp3) is 0.250. The molecule has 1 fully saturated rings. The van der Waals surface area contributed by atoms with Crippen molar-refractivity contribution in [1.82, 2.24) is 15.0 Å². The van der Waals surface area contributed by atoms with Crippen LogP contribution in [-0.2, 0) is 4.74 Å². The van der Waals surface area contributed by atoms with Gasteiger partial charge in [0.15, 0.2) is 0 Å². The molecule has 2 aromatic carbocycles. The van der Waals surface area contributed by atoms with Crippen LogP contribution in [0.4, 0.5) is 0 Å². The van der Waals surface area contributed by atoms with Gasteiger partial charge in [0.05, 0.1) is 25.3 Å². The molecule has 1 saturated heterocycles. The van der Waals surface area contributed by atoms with Crippen molar-refractivity contribution in [2.24, 2.45) is 0 Å². The van der Waals surface area contributed by atoms with Crippen molar-refractivity contribution >= 4 is 17.5 Å². The number of benzene rings is 2. The van der Waals surface area contributed by atoms with Crippen molar-refractivity contribution in [1.29, 1.82) is 0 Å². The SMILES string of the molecule is COc1ccc(C(=O)N2CCOCC2c2nc(-c3ccccc3)no2)cc1Cl. The Hall–Kier alpha value is -2.90. The number of hydrogen-bond donors (Lipinski definition) is 0. The van der Waals surface area contributed by atoms with Gasteiger partial charge in [0.1, 0.15) is 11.8 Å². The standard InChI is InChI=1S/C20H18ClN3O4/c1-26-17-8-7-14(11-15(17)21)20(25)24-9-10-27-12-16(24)19-22-18(23-28-19)13-5-3-2-4-6-13/h2-8,11,16H,9-10,12H2,1H3. The van der Waals surface area contributed by atoms with E-state index in [0.717, 1.165) is 5.56 Å². The fourth-order valence-electron chi connectivity index (χ4n) is 3.09. The molecule has 0 bridgehead atoms. The quantitative estimate of drug-likeness (QED) is 0.667. The normalized spacial score (nSPS) is 16.8. The fourth-order valence-corrected chi connectivity index (χ4v) is 3.35. The average molecular weight is 400 g/mol. The van der Waals surface area contributed by atoms with Crippen molar-refractivity contribution in [3.63, 3.8) is 0 Å². The first-order valence-electron chi connectivity index (χ1n) is 8.78. The summed E-state index contributed by atoms with van der Waals surface area (Å²) in [5.74, 6) is 1.14. The molecule has 7 nitrogen and oxygen atoms in total. The molecule has 0 spiro atoms. The van der Waals surface area contributed by atoms with Gasteiger partial charge in [0.2, 0.25) is 5.82 Å². The lowest BCUT2D eigenvalue weighted by atomic mass is 10.1. The van der Waals surface area contributed by atoms with Gasteiger partial charge in [0, 0.05) is 17.7 Å². The summed E-state index contributed by atoms with van der Waals surface area (Å²) in [7, 11) is 1.53. The van der Waals surface area contributed by atoms with Crippen LogP contribution >= 0.6 is 11.6 Å². The molecule has 1 amide bonds. The van der Waals surface area contributed by atoms with Gasteiger partial charge in [0.25, 0.3) is 11.8 Å². The molecule has 1 unspecified atom stereocenters. The van der Waals surface area contributed by atoms with Gasteiger partial charge in [-0.2, -0.15) is 4.98 Å². The summed E-state index contributed by atoms with van der Waals surface area (Å²) in [4.78, 5) is 19.2. The van der Waals surface area contributed by atoms with Crippen molar-refractivity contribution in [2.45, 2.75) is 6.04 Å². The second-order valence-electron chi connectivity index (χ2n) is 6.26. The minimum Gasteiger partial charge on any atom is -0.495 e. The first-order valence-corrected chi connectivity index (χ1v) is 9.16. The van der Waals surface area contributed by atoms with Crippen LogP contribution in [0, 0.1) is 0 Å². The number of amides is 1. The van der Waals surface area contributed by atoms with Gasteiger partial charge >= 0.3 is 0 Å². The third kappa shape index (κ3) is 3.58. The molecule has 3 aromatic rings. The zero-order chi connectivity index (χ0) is 19.5. The van der Waals surface area contributed by atoms with Crippen LogP contribution in [0.1, 0.15) is 22.3 Å². The molecule has 1 atom stereocenters. The first kappa shape index (κ1) is 18.5. The molecule has 0 aliphatic carbocycles. The molecule has 0 radical (unpaired) electrons. The van der Waals surface area contributed by atoms with Gasteiger partial charge < -0.3 is 18.9 Å². The lowest BCUT2D eigenvalue weighted by Gasteiger charge is -2.33. The minimum atomic E-state index is -0.466. The number of halogens is 1. The summed E-state index contributed by atoms with van der Waals surface area (Å²) in [6.07, 6.45) is 0. The Morgan fingerprint density at radius 1 is 1.25 bits per heavy atom. The van der Waals surface area contributed by atoms with Crippen molar-refractivity contribution in [2.75, 3.05) is 26.9 Å². The van der Waals surface area contributed by atoms with E-state index in [0.29, 0.717) is 41.2 Å². The highest BCUT2D eigenvalue weighted by Gasteiger charge is 2.33. The molecule has 1 aromatic heterocycles. The van der Waals surface area contributed by atoms with Gasteiger partial charge in [-0.15, -0.1) is 0 Å². The van der Waals surface area contributed by atoms with Crippen LogP contribution in [0.3, 0.4) is 0 Å². The second-order valence-corrected chi connectivity index (χ2v) is 6.67. The van der Waals surface area contributed by atoms with Crippen molar-refractivity contribution < 1.29 is 18.8 Å². The van der Waals surface area contributed by atoms with E-state index < -0.39 is 6.04 Å². The average Bonchev–Trinajstić information content (AvgIpc) is 3.24. The molecule has 1 aliphatic rings. The number of rotatable bonds is 4. The molecule has 8 heteroatoms. The van der Waals surface area contributed by atoms with Crippen LogP contribution in [0.5, 0.6) is 5.75 Å². The second kappa shape index (κ2) is 8.00. The Morgan fingerprint density at radius 2 is 2.07 bits per heavy atom. The Bertz CT molecular complexity index is 977. The monoisotopic (exact) mass is 399 g/mol. The van der Waals surface area contributed by atoms with Crippen LogP contribution in [0.15, 0.2) is 53.1 Å². The maximum absolute atomic E-state index is 13.1. The minimum absolute atomic E-state index is 0.183. The summed E-state index contributed by atoms with van der Waals surface area (Å²) in [6, 6.07) is 14.0. The highest BCUT2D eigenvalue weighted by Crippen LogP contribution is 2.29. The van der Waals surface area contributed by atoms with Crippen molar-refractivity contribution in [3.8, 4) is 17.1 Å². The van der Waals surface area contributed by atoms with Crippen molar-refractivity contribution in [3.05, 3.63) is 65.0 Å². The molecule has 2 heterocycles. The summed E-state index contributed by atoms with van der Waals surface area (Å²) in [6.45, 7) is 1.13. The zero-order valence-corrected chi connectivity index (χ0v) is 15.9. The van der Waals surface area contributed by atoms with E-state index in [4.69, 9.17) is 25.6 Å². The maximum Gasteiger partial charge on any atom is 0.254 e. The first-order chi connectivity index (χ1) is 13.7. The largest absolute Gasteiger partial charge is 0.495 e. The van der Waals surface area contributed by atoms with Crippen LogP contribution in [0.2, 0.25) is 5.02 Å². The summed E-state index contributed by atoms with van der Waals surface area (Å²) in [5, 5.41) is 4.42. The summed E-state index contributed by atoms with van der Waals surface area (Å²) >= 11 is 6.18. The number of methoxy groups -OCH3 is 1. The smallest absolute Gasteiger partial charge is 0.254 e. The van der Waals surface area contributed by atoms with Crippen LogP contribution in [0.25, 0.3) is 11.4 Å². The molecule has 28 heavy (non-hydrogen) atoms.